The van der Waals surface area contributed by atoms with Crippen LogP contribution in [-0.2, 0) is 6.18 Å². The molecule has 2 heterocycles. The summed E-state index contributed by atoms with van der Waals surface area (Å²) in [6.07, 6.45) is -0.518. The van der Waals surface area contributed by atoms with Gasteiger partial charge in [0.25, 0.3) is 11.2 Å². The fraction of sp³-hybridized carbons (Fsp3) is 0.579. The highest BCUT2D eigenvalue weighted by atomic mass is 32.1. The van der Waals surface area contributed by atoms with Gasteiger partial charge in [-0.2, -0.15) is 18.2 Å². The Hall–Kier alpha value is -2.27. The first-order valence-corrected chi connectivity index (χ1v) is 10.7. The molecule has 0 saturated carbocycles. The minimum Gasteiger partial charge on any atom is -0.347 e. The van der Waals surface area contributed by atoms with E-state index in [0.29, 0.717) is 30.4 Å². The van der Waals surface area contributed by atoms with E-state index in [1.165, 1.54) is 0 Å². The van der Waals surface area contributed by atoms with Crippen LogP contribution in [0.15, 0.2) is 16.9 Å². The van der Waals surface area contributed by atoms with Crippen LogP contribution in [0.1, 0.15) is 38.2 Å². The number of nitro benzene ring substituents is 1. The van der Waals surface area contributed by atoms with Gasteiger partial charge in [-0.05, 0) is 32.0 Å². The Balaban J connectivity index is 1.93. The number of rotatable bonds is 6. The Morgan fingerprint density at radius 2 is 1.97 bits per heavy atom. The number of benzene rings is 1. The van der Waals surface area contributed by atoms with Gasteiger partial charge in [-0.3, -0.25) is 14.9 Å². The van der Waals surface area contributed by atoms with E-state index in [1.54, 1.807) is 0 Å². The molecule has 164 valence electrons. The lowest BCUT2D eigenvalue weighted by Crippen LogP contribution is -2.32. The minimum atomic E-state index is -4.79. The molecule has 0 amide bonds. The van der Waals surface area contributed by atoms with Crippen molar-refractivity contribution < 1.29 is 18.1 Å². The molecule has 2 aromatic rings. The molecule has 0 bridgehead atoms. The first kappa shape index (κ1) is 22.4. The van der Waals surface area contributed by atoms with Crippen LogP contribution in [0.5, 0.6) is 0 Å². The number of fused-ring (bicyclic) bond motifs is 1. The van der Waals surface area contributed by atoms with Gasteiger partial charge in [0, 0.05) is 25.7 Å². The lowest BCUT2D eigenvalue weighted by Gasteiger charge is -2.22. The highest BCUT2D eigenvalue weighted by molar-refractivity contribution is 7.22. The second kappa shape index (κ2) is 9.25. The molecule has 1 fully saturated rings. The quantitative estimate of drug-likeness (QED) is 0.376. The van der Waals surface area contributed by atoms with E-state index in [2.05, 4.69) is 16.8 Å². The van der Waals surface area contributed by atoms with E-state index in [-0.39, 0.29) is 10.1 Å². The Morgan fingerprint density at radius 3 is 2.63 bits per heavy atom. The van der Waals surface area contributed by atoms with Crippen molar-refractivity contribution in [1.82, 2.24) is 9.88 Å². The molecule has 1 aliphatic heterocycles. The van der Waals surface area contributed by atoms with Gasteiger partial charge < -0.3 is 9.80 Å². The summed E-state index contributed by atoms with van der Waals surface area (Å²) in [7, 11) is 0. The van der Waals surface area contributed by atoms with Crippen molar-refractivity contribution in [3.63, 3.8) is 0 Å². The molecule has 1 aliphatic rings. The molecule has 0 radical (unpaired) electrons. The molecule has 0 aliphatic carbocycles. The predicted octanol–water partition coefficient (Wildman–Crippen LogP) is 4.29. The van der Waals surface area contributed by atoms with Crippen molar-refractivity contribution >= 4 is 32.2 Å². The van der Waals surface area contributed by atoms with Gasteiger partial charge in [0.1, 0.15) is 4.70 Å². The maximum atomic E-state index is 13.1. The summed E-state index contributed by atoms with van der Waals surface area (Å²) >= 11 is 0.901. The third-order valence-corrected chi connectivity index (χ3v) is 6.32. The first-order valence-electron chi connectivity index (χ1n) is 9.88. The lowest BCUT2D eigenvalue weighted by molar-refractivity contribution is -0.383. The van der Waals surface area contributed by atoms with Crippen molar-refractivity contribution in [2.45, 2.75) is 38.8 Å². The number of nitrogens with zero attached hydrogens (tertiary/aromatic N) is 4. The average Bonchev–Trinajstić information content (AvgIpc) is 2.92. The molecule has 11 heteroatoms. The first-order chi connectivity index (χ1) is 14.2. The van der Waals surface area contributed by atoms with E-state index >= 15 is 0 Å². The molecule has 3 rings (SSSR count). The maximum absolute atomic E-state index is 13.1. The molecule has 1 aromatic heterocycles. The summed E-state index contributed by atoms with van der Waals surface area (Å²) in [4.78, 5) is 31.2. The number of halogens is 3. The van der Waals surface area contributed by atoms with Gasteiger partial charge in [0.05, 0.1) is 15.9 Å². The number of non-ortho nitro benzene ring substituents is 1. The van der Waals surface area contributed by atoms with Crippen LogP contribution in [0.3, 0.4) is 0 Å². The molecule has 1 saturated heterocycles. The van der Waals surface area contributed by atoms with Crippen LogP contribution in [0.25, 0.3) is 10.1 Å². The van der Waals surface area contributed by atoms with Gasteiger partial charge in [-0.25, -0.2) is 0 Å². The summed E-state index contributed by atoms with van der Waals surface area (Å²) in [5, 5.41) is 11.4. The van der Waals surface area contributed by atoms with E-state index in [9.17, 15) is 28.1 Å². The smallest absolute Gasteiger partial charge is 0.347 e. The van der Waals surface area contributed by atoms with Crippen LogP contribution >= 0.6 is 11.3 Å². The van der Waals surface area contributed by atoms with Gasteiger partial charge in [0.15, 0.2) is 5.13 Å². The monoisotopic (exact) mass is 444 g/mol. The summed E-state index contributed by atoms with van der Waals surface area (Å²) in [6.45, 7) is 6.07. The van der Waals surface area contributed by atoms with Crippen LogP contribution in [-0.4, -0.2) is 47.5 Å². The Morgan fingerprint density at radius 1 is 1.20 bits per heavy atom. The van der Waals surface area contributed by atoms with Crippen LogP contribution in [0.2, 0.25) is 0 Å². The fourth-order valence-electron chi connectivity index (χ4n) is 3.55. The fourth-order valence-corrected chi connectivity index (χ4v) is 4.66. The zero-order valence-corrected chi connectivity index (χ0v) is 17.4. The average molecular weight is 444 g/mol. The number of aromatic nitrogens is 1. The van der Waals surface area contributed by atoms with Crippen molar-refractivity contribution in [1.29, 1.82) is 0 Å². The third-order valence-electron chi connectivity index (χ3n) is 5.15. The second-order valence-corrected chi connectivity index (χ2v) is 8.30. The Labute approximate surface area is 175 Å². The topological polar surface area (TPSA) is 79.6 Å². The third kappa shape index (κ3) is 5.07. The van der Waals surface area contributed by atoms with Crippen molar-refractivity contribution in [2.75, 3.05) is 37.6 Å². The number of alkyl halides is 3. The van der Waals surface area contributed by atoms with E-state index in [1.807, 2.05) is 4.90 Å². The highest BCUT2D eigenvalue weighted by Crippen LogP contribution is 2.38. The molecule has 30 heavy (non-hydrogen) atoms. The normalized spacial score (nSPS) is 16.1. The lowest BCUT2D eigenvalue weighted by atomic mass is 10.1. The maximum Gasteiger partial charge on any atom is 0.416 e. The van der Waals surface area contributed by atoms with Crippen molar-refractivity contribution in [2.24, 2.45) is 0 Å². The number of hydrogen-bond donors (Lipinski definition) is 0. The van der Waals surface area contributed by atoms with Gasteiger partial charge in [-0.1, -0.05) is 31.1 Å². The zero-order chi connectivity index (χ0) is 21.9. The molecule has 1 aromatic carbocycles. The Kier molecular flexibility index (Phi) is 6.91. The second-order valence-electron chi connectivity index (χ2n) is 7.32. The number of nitro groups is 1. The van der Waals surface area contributed by atoms with Gasteiger partial charge in [-0.15, -0.1) is 0 Å². The van der Waals surface area contributed by atoms with E-state index in [4.69, 9.17) is 0 Å². The summed E-state index contributed by atoms with van der Waals surface area (Å²) in [5.41, 5.74) is -2.82. The summed E-state index contributed by atoms with van der Waals surface area (Å²) < 4.78 is 39.2. The number of unbranched alkanes of at least 4 members (excludes halogenated alkanes) is 2. The molecule has 7 nitrogen and oxygen atoms in total. The Bertz CT molecular complexity index is 980. The largest absolute Gasteiger partial charge is 0.416 e. The molecular weight excluding hydrogens is 421 g/mol. The predicted molar refractivity (Wildman–Crippen MR) is 110 cm³/mol. The van der Waals surface area contributed by atoms with Crippen molar-refractivity contribution in [3.05, 3.63) is 38.2 Å². The molecule has 0 N–H and O–H groups in total. The van der Waals surface area contributed by atoms with E-state index in [0.717, 1.165) is 56.7 Å². The molecule has 0 unspecified atom stereocenters. The van der Waals surface area contributed by atoms with Gasteiger partial charge >= 0.3 is 6.18 Å². The van der Waals surface area contributed by atoms with Crippen LogP contribution < -0.4 is 10.5 Å². The summed E-state index contributed by atoms with van der Waals surface area (Å²) in [5.74, 6) is 0. The minimum absolute atomic E-state index is 0.0768. The van der Waals surface area contributed by atoms with Gasteiger partial charge in [0.2, 0.25) is 0 Å². The van der Waals surface area contributed by atoms with Crippen LogP contribution in [0.4, 0.5) is 24.0 Å². The molecular formula is C19H23F3N4O3S. The number of hydrogen-bond acceptors (Lipinski definition) is 7. The molecule has 0 spiro atoms. The SMILES string of the molecule is CCCCCN1CCCN(c2nc(=O)c3cc(C(F)(F)F)cc([N+](=O)[O-])c3s2)CC1. The van der Waals surface area contributed by atoms with E-state index < -0.39 is 27.9 Å². The highest BCUT2D eigenvalue weighted by Gasteiger charge is 2.34. The molecule has 0 atom stereocenters. The van der Waals surface area contributed by atoms with Crippen LogP contribution in [0, 0.1) is 10.1 Å². The standard InChI is InChI=1S/C19H23F3N4O3S/c1-2-3-4-6-24-7-5-8-25(10-9-24)18-23-17(27)14-11-13(19(20,21)22)12-15(26(28)29)16(14)30-18/h11-12H,2-10H2,1H3. The van der Waals surface area contributed by atoms with Crippen molar-refractivity contribution in [3.8, 4) is 0 Å². The number of anilines is 1. The summed E-state index contributed by atoms with van der Waals surface area (Å²) in [6, 6.07) is 1.13. The zero-order valence-electron chi connectivity index (χ0n) is 16.6.